The van der Waals surface area contributed by atoms with Gasteiger partial charge in [0.15, 0.2) is 6.23 Å². The van der Waals surface area contributed by atoms with Crippen molar-refractivity contribution in [1.29, 1.82) is 0 Å². The Kier molecular flexibility index (Phi) is 1.83. The minimum absolute atomic E-state index is 0.140. The number of fused-ring (bicyclic) bond motifs is 2. The molecule has 1 spiro atoms. The Bertz CT molecular complexity index is 475. The summed E-state index contributed by atoms with van der Waals surface area (Å²) >= 11 is 0. The van der Waals surface area contributed by atoms with Crippen LogP contribution in [0.2, 0.25) is 0 Å². The van der Waals surface area contributed by atoms with Crippen LogP contribution in [0.1, 0.15) is 6.42 Å². The van der Waals surface area contributed by atoms with Gasteiger partial charge < -0.3 is 19.5 Å². The standard InChI is InChI=1S/C12H13NO5/c14-9-8-7(10(15)16)6-2-3-12(8,18-6)11-13(9)4-1-5-17-11/h2-3,6-8,11H,1,4-5H2,(H,15,16)/t6-,7+,8+,11-,12+/m0/s1. The first-order valence-corrected chi connectivity index (χ1v) is 6.17. The lowest BCUT2D eigenvalue weighted by Crippen LogP contribution is -2.49. The highest BCUT2D eigenvalue weighted by molar-refractivity contribution is 5.91. The van der Waals surface area contributed by atoms with Crippen LogP contribution < -0.4 is 0 Å². The quantitative estimate of drug-likeness (QED) is 0.642. The predicted octanol–water partition coefficient (Wildman–Crippen LogP) is -0.401. The second-order valence-corrected chi connectivity index (χ2v) is 5.25. The molecule has 0 radical (unpaired) electrons. The van der Waals surface area contributed by atoms with Crippen molar-refractivity contribution in [3.8, 4) is 0 Å². The van der Waals surface area contributed by atoms with E-state index in [-0.39, 0.29) is 5.91 Å². The van der Waals surface area contributed by atoms with Gasteiger partial charge in [-0.05, 0) is 12.5 Å². The van der Waals surface area contributed by atoms with Crippen LogP contribution in [0.25, 0.3) is 0 Å². The second-order valence-electron chi connectivity index (χ2n) is 5.25. The van der Waals surface area contributed by atoms with E-state index in [1.165, 1.54) is 0 Å². The van der Waals surface area contributed by atoms with Gasteiger partial charge in [0, 0.05) is 6.54 Å². The Morgan fingerprint density at radius 2 is 2.39 bits per heavy atom. The number of carbonyl (C=O) groups excluding carboxylic acids is 1. The van der Waals surface area contributed by atoms with Gasteiger partial charge in [-0.1, -0.05) is 6.08 Å². The monoisotopic (exact) mass is 251 g/mol. The number of carboxylic acid groups (broad SMARTS) is 1. The molecule has 6 heteroatoms. The normalized spacial score (nSPS) is 48.4. The van der Waals surface area contributed by atoms with E-state index in [0.717, 1.165) is 6.42 Å². The molecular weight excluding hydrogens is 238 g/mol. The minimum Gasteiger partial charge on any atom is -0.481 e. The van der Waals surface area contributed by atoms with Gasteiger partial charge in [-0.3, -0.25) is 9.59 Å². The van der Waals surface area contributed by atoms with Gasteiger partial charge in [0.25, 0.3) is 0 Å². The van der Waals surface area contributed by atoms with E-state index in [4.69, 9.17) is 9.47 Å². The summed E-state index contributed by atoms with van der Waals surface area (Å²) in [6.45, 7) is 1.21. The topological polar surface area (TPSA) is 76.1 Å². The molecule has 4 rings (SSSR count). The summed E-state index contributed by atoms with van der Waals surface area (Å²) in [4.78, 5) is 25.4. The summed E-state index contributed by atoms with van der Waals surface area (Å²) in [6, 6.07) is 0. The summed E-state index contributed by atoms with van der Waals surface area (Å²) in [5, 5.41) is 9.30. The zero-order valence-electron chi connectivity index (χ0n) is 9.61. The van der Waals surface area contributed by atoms with Crippen LogP contribution in [-0.4, -0.2) is 53.0 Å². The third kappa shape index (κ3) is 0.976. The maximum absolute atomic E-state index is 12.4. The molecule has 3 fully saturated rings. The molecule has 4 aliphatic heterocycles. The Hall–Kier alpha value is -1.40. The highest BCUT2D eigenvalue weighted by Gasteiger charge is 2.72. The molecule has 1 amide bonds. The largest absolute Gasteiger partial charge is 0.481 e. The number of hydrogen-bond acceptors (Lipinski definition) is 4. The Morgan fingerprint density at radius 3 is 3.17 bits per heavy atom. The van der Waals surface area contributed by atoms with Gasteiger partial charge in [-0.25, -0.2) is 0 Å². The first kappa shape index (κ1) is 10.5. The number of amides is 1. The lowest BCUT2D eigenvalue weighted by atomic mass is 9.76. The Labute approximate surface area is 103 Å². The molecule has 4 heterocycles. The lowest BCUT2D eigenvalue weighted by molar-refractivity contribution is -0.168. The average molecular weight is 251 g/mol. The lowest BCUT2D eigenvalue weighted by Gasteiger charge is -2.36. The molecule has 0 aromatic heterocycles. The number of carbonyl (C=O) groups is 2. The van der Waals surface area contributed by atoms with E-state index in [2.05, 4.69) is 0 Å². The Morgan fingerprint density at radius 1 is 1.56 bits per heavy atom. The Balaban J connectivity index is 1.82. The van der Waals surface area contributed by atoms with E-state index >= 15 is 0 Å². The zero-order valence-corrected chi connectivity index (χ0v) is 9.61. The molecule has 5 atom stereocenters. The zero-order chi connectivity index (χ0) is 12.5. The maximum atomic E-state index is 12.4. The second kappa shape index (κ2) is 3.13. The number of rotatable bonds is 1. The molecule has 6 nitrogen and oxygen atoms in total. The summed E-state index contributed by atoms with van der Waals surface area (Å²) < 4.78 is 11.5. The molecule has 18 heavy (non-hydrogen) atoms. The van der Waals surface area contributed by atoms with Gasteiger partial charge in [0.05, 0.1) is 18.6 Å². The summed E-state index contributed by atoms with van der Waals surface area (Å²) in [5.74, 6) is -2.52. The molecule has 3 saturated heterocycles. The van der Waals surface area contributed by atoms with Crippen molar-refractivity contribution < 1.29 is 24.2 Å². The van der Waals surface area contributed by atoms with Crippen molar-refractivity contribution in [2.24, 2.45) is 11.8 Å². The van der Waals surface area contributed by atoms with E-state index in [1.807, 2.05) is 6.08 Å². The number of ether oxygens (including phenoxy) is 2. The van der Waals surface area contributed by atoms with Gasteiger partial charge >= 0.3 is 5.97 Å². The van der Waals surface area contributed by atoms with Gasteiger partial charge in [-0.2, -0.15) is 0 Å². The molecule has 96 valence electrons. The van der Waals surface area contributed by atoms with Crippen molar-refractivity contribution in [2.75, 3.05) is 13.2 Å². The summed E-state index contributed by atoms with van der Waals surface area (Å²) in [7, 11) is 0. The van der Waals surface area contributed by atoms with Crippen molar-refractivity contribution >= 4 is 11.9 Å². The first-order valence-electron chi connectivity index (χ1n) is 6.17. The molecule has 0 aliphatic carbocycles. The highest BCUT2D eigenvalue weighted by atomic mass is 16.6. The fourth-order valence-corrected chi connectivity index (χ4v) is 3.74. The van der Waals surface area contributed by atoms with Crippen LogP contribution in [0.4, 0.5) is 0 Å². The summed E-state index contributed by atoms with van der Waals surface area (Å²) in [5.41, 5.74) is -0.870. The van der Waals surface area contributed by atoms with E-state index in [9.17, 15) is 14.7 Å². The van der Waals surface area contributed by atoms with E-state index < -0.39 is 35.7 Å². The van der Waals surface area contributed by atoms with Gasteiger partial charge in [0.2, 0.25) is 5.91 Å². The SMILES string of the molecule is O=C(O)[C@@H]1[C@@H]2C=C[C@]3(O2)[C@@H]2OCCCN2C(=O)[C@@H]13. The van der Waals surface area contributed by atoms with Crippen LogP contribution >= 0.6 is 0 Å². The predicted molar refractivity (Wildman–Crippen MR) is 57.4 cm³/mol. The van der Waals surface area contributed by atoms with Crippen molar-refractivity contribution in [1.82, 2.24) is 4.90 Å². The van der Waals surface area contributed by atoms with Crippen molar-refractivity contribution in [2.45, 2.75) is 24.4 Å². The highest BCUT2D eigenvalue weighted by Crippen LogP contribution is 2.55. The number of nitrogens with zero attached hydrogens (tertiary/aromatic N) is 1. The van der Waals surface area contributed by atoms with Crippen molar-refractivity contribution in [3.63, 3.8) is 0 Å². The van der Waals surface area contributed by atoms with Crippen LogP contribution in [0.3, 0.4) is 0 Å². The molecule has 2 bridgehead atoms. The van der Waals surface area contributed by atoms with Crippen LogP contribution in [0.15, 0.2) is 12.2 Å². The third-order valence-electron chi connectivity index (χ3n) is 4.41. The first-order chi connectivity index (χ1) is 8.65. The maximum Gasteiger partial charge on any atom is 0.310 e. The molecule has 1 N–H and O–H groups in total. The van der Waals surface area contributed by atoms with Crippen LogP contribution in [-0.2, 0) is 19.1 Å². The molecule has 0 aromatic rings. The average Bonchev–Trinajstić information content (AvgIpc) is 2.99. The third-order valence-corrected chi connectivity index (χ3v) is 4.41. The molecular formula is C12H13NO5. The smallest absolute Gasteiger partial charge is 0.310 e. The molecule has 0 saturated carbocycles. The van der Waals surface area contributed by atoms with E-state index in [1.54, 1.807) is 11.0 Å². The molecule has 0 aromatic carbocycles. The fourth-order valence-electron chi connectivity index (χ4n) is 3.74. The van der Waals surface area contributed by atoms with Crippen LogP contribution in [0.5, 0.6) is 0 Å². The number of carboxylic acids is 1. The fraction of sp³-hybridized carbons (Fsp3) is 0.667. The number of hydrogen-bond donors (Lipinski definition) is 1. The van der Waals surface area contributed by atoms with Crippen LogP contribution in [0, 0.1) is 11.8 Å². The van der Waals surface area contributed by atoms with Gasteiger partial charge in [0.1, 0.15) is 11.5 Å². The van der Waals surface area contributed by atoms with Gasteiger partial charge in [-0.15, -0.1) is 0 Å². The van der Waals surface area contributed by atoms with Crippen molar-refractivity contribution in [3.05, 3.63) is 12.2 Å². The summed E-state index contributed by atoms with van der Waals surface area (Å²) in [6.07, 6.45) is 3.42. The minimum atomic E-state index is -0.968. The van der Waals surface area contributed by atoms with E-state index in [0.29, 0.717) is 13.2 Å². The molecule has 4 aliphatic rings. The number of aliphatic carboxylic acids is 1. The molecule has 0 unspecified atom stereocenters.